The molecule has 12 heteroatoms. The lowest BCUT2D eigenvalue weighted by molar-refractivity contribution is -0.0884. The van der Waals surface area contributed by atoms with Crippen LogP contribution in [0.1, 0.15) is 38.7 Å². The van der Waals surface area contributed by atoms with E-state index in [4.69, 9.17) is 21.4 Å². The van der Waals surface area contributed by atoms with Crippen molar-refractivity contribution in [2.24, 2.45) is 5.41 Å². The number of likely N-dealkylation sites (tertiary alicyclic amines) is 2. The Morgan fingerprint density at radius 3 is 2.36 bits per heavy atom. The van der Waals surface area contributed by atoms with Gasteiger partial charge in [-0.3, -0.25) is 0 Å². The Balaban J connectivity index is 1.27. The van der Waals surface area contributed by atoms with Crippen molar-refractivity contribution in [2.45, 2.75) is 39.3 Å². The summed E-state index contributed by atoms with van der Waals surface area (Å²) in [6.45, 7) is 8.23. The molecule has 206 valence electrons. The molecule has 0 N–H and O–H groups in total. The molecule has 0 unspecified atom stereocenters. The summed E-state index contributed by atoms with van der Waals surface area (Å²) in [5.74, 6) is -1.55. The van der Waals surface area contributed by atoms with Gasteiger partial charge in [-0.25, -0.2) is 9.18 Å². The summed E-state index contributed by atoms with van der Waals surface area (Å²) in [6.07, 6.45) is -3.22. The number of carbonyl (C=O) groups is 1. The number of carbonyl (C=O) groups excluding carboxylic acids is 1. The van der Waals surface area contributed by atoms with Crippen LogP contribution in [0.25, 0.3) is 11.5 Å². The Bertz CT molecular complexity index is 1360. The molecule has 2 aromatic carbocycles. The van der Waals surface area contributed by atoms with Crippen molar-refractivity contribution in [3.8, 4) is 11.5 Å². The predicted octanol–water partition coefficient (Wildman–Crippen LogP) is 5.66. The molecule has 8 nitrogen and oxygen atoms in total. The standard InChI is InChI=1S/C27H28F3N5O3S/c1-26(2,3)38-25(36)34-15-27(16-34)13-33(14-27)24(39)35(19-7-5-4-6-8-19)12-18-10-9-17(11-20(18)28)22-31-32-23(37-22)21(29)30/h4-11,21H,12-16H2,1-3H3. The summed E-state index contributed by atoms with van der Waals surface area (Å²) in [7, 11) is 0. The van der Waals surface area contributed by atoms with Crippen molar-refractivity contribution in [1.82, 2.24) is 20.0 Å². The normalized spacial score (nSPS) is 16.2. The Morgan fingerprint density at radius 2 is 1.77 bits per heavy atom. The lowest BCUT2D eigenvalue weighted by atomic mass is 9.73. The van der Waals surface area contributed by atoms with Crippen molar-refractivity contribution in [3.05, 3.63) is 65.8 Å². The van der Waals surface area contributed by atoms with E-state index in [0.29, 0.717) is 36.9 Å². The molecule has 0 aliphatic carbocycles. The highest BCUT2D eigenvalue weighted by Crippen LogP contribution is 2.41. The summed E-state index contributed by atoms with van der Waals surface area (Å²) in [6, 6.07) is 13.7. The van der Waals surface area contributed by atoms with Crippen LogP contribution in [0.2, 0.25) is 0 Å². The number of hydrogen-bond acceptors (Lipinski definition) is 6. The van der Waals surface area contributed by atoms with Gasteiger partial charge in [0.05, 0.1) is 6.54 Å². The van der Waals surface area contributed by atoms with Crippen LogP contribution < -0.4 is 4.90 Å². The lowest BCUT2D eigenvalue weighted by Gasteiger charge is -2.61. The maximum Gasteiger partial charge on any atom is 0.410 e. The van der Waals surface area contributed by atoms with Gasteiger partial charge in [-0.15, -0.1) is 10.2 Å². The van der Waals surface area contributed by atoms with E-state index in [-0.39, 0.29) is 29.5 Å². The molecule has 2 aliphatic heterocycles. The largest absolute Gasteiger partial charge is 0.444 e. The number of thiocarbonyl (C=S) groups is 1. The highest BCUT2D eigenvalue weighted by Gasteiger charge is 2.55. The van der Waals surface area contributed by atoms with Crippen molar-refractivity contribution in [1.29, 1.82) is 0 Å². The van der Waals surface area contributed by atoms with Crippen LogP contribution in [0.3, 0.4) is 0 Å². The van der Waals surface area contributed by atoms with Crippen LogP contribution in [0.4, 0.5) is 23.7 Å². The first-order valence-electron chi connectivity index (χ1n) is 12.4. The van der Waals surface area contributed by atoms with E-state index in [1.807, 2.05) is 60.9 Å². The highest BCUT2D eigenvalue weighted by molar-refractivity contribution is 7.80. The van der Waals surface area contributed by atoms with E-state index in [9.17, 15) is 13.6 Å². The van der Waals surface area contributed by atoms with Crippen LogP contribution in [0, 0.1) is 11.2 Å². The molecule has 1 spiro atoms. The second kappa shape index (κ2) is 10.1. The number of amides is 1. The minimum absolute atomic E-state index is 0.0304. The number of halogens is 3. The maximum atomic E-state index is 15.2. The summed E-state index contributed by atoms with van der Waals surface area (Å²) in [5.41, 5.74) is 0.783. The van der Waals surface area contributed by atoms with Crippen LogP contribution in [0.15, 0.2) is 52.9 Å². The monoisotopic (exact) mass is 559 g/mol. The average molecular weight is 560 g/mol. The van der Waals surface area contributed by atoms with Gasteiger partial charge in [-0.2, -0.15) is 8.78 Å². The van der Waals surface area contributed by atoms with E-state index in [1.54, 1.807) is 17.0 Å². The molecule has 3 heterocycles. The summed E-state index contributed by atoms with van der Waals surface area (Å²) >= 11 is 5.85. The van der Waals surface area contributed by atoms with Crippen molar-refractivity contribution >= 4 is 29.1 Å². The van der Waals surface area contributed by atoms with Gasteiger partial charge in [-0.05, 0) is 57.3 Å². The Kier molecular flexibility index (Phi) is 7.00. The molecule has 39 heavy (non-hydrogen) atoms. The van der Waals surface area contributed by atoms with Crippen LogP contribution >= 0.6 is 12.2 Å². The molecule has 2 aliphatic rings. The molecule has 0 atom stereocenters. The number of hydrogen-bond donors (Lipinski definition) is 0. The third-order valence-corrected chi connectivity index (χ3v) is 7.06. The molecular formula is C27H28F3N5O3S. The van der Waals surface area contributed by atoms with E-state index >= 15 is 4.39 Å². The zero-order chi connectivity index (χ0) is 27.9. The van der Waals surface area contributed by atoms with Gasteiger partial charge >= 0.3 is 12.5 Å². The molecule has 2 saturated heterocycles. The number of para-hydroxylation sites is 1. The van der Waals surface area contributed by atoms with E-state index in [0.717, 1.165) is 5.69 Å². The van der Waals surface area contributed by atoms with Gasteiger partial charge in [0.15, 0.2) is 5.11 Å². The molecule has 0 saturated carbocycles. The Labute approximate surface area is 229 Å². The zero-order valence-electron chi connectivity index (χ0n) is 21.7. The number of alkyl halides is 2. The first kappa shape index (κ1) is 26.9. The fourth-order valence-electron chi connectivity index (χ4n) is 4.78. The number of nitrogens with zero attached hydrogens (tertiary/aromatic N) is 5. The molecule has 0 bridgehead atoms. The van der Waals surface area contributed by atoms with Gasteiger partial charge in [0.2, 0.25) is 5.89 Å². The fourth-order valence-corrected chi connectivity index (χ4v) is 5.08. The Morgan fingerprint density at radius 1 is 1.10 bits per heavy atom. The second-order valence-corrected chi connectivity index (χ2v) is 11.3. The lowest BCUT2D eigenvalue weighted by Crippen LogP contribution is -2.74. The third kappa shape index (κ3) is 5.70. The van der Waals surface area contributed by atoms with Gasteiger partial charge < -0.3 is 23.9 Å². The third-order valence-electron chi connectivity index (χ3n) is 6.58. The quantitative estimate of drug-likeness (QED) is 0.371. The zero-order valence-corrected chi connectivity index (χ0v) is 22.6. The molecule has 5 rings (SSSR count). The Hall–Kier alpha value is -3.67. The smallest absolute Gasteiger partial charge is 0.410 e. The van der Waals surface area contributed by atoms with Gasteiger partial charge in [0.1, 0.15) is 11.4 Å². The van der Waals surface area contributed by atoms with Crippen molar-refractivity contribution < 1.29 is 27.1 Å². The van der Waals surface area contributed by atoms with Gasteiger partial charge in [0.25, 0.3) is 5.89 Å². The number of rotatable bonds is 5. The van der Waals surface area contributed by atoms with E-state index < -0.39 is 23.7 Å². The molecule has 1 amide bonds. The van der Waals surface area contributed by atoms with E-state index in [1.165, 1.54) is 6.07 Å². The first-order chi connectivity index (χ1) is 18.4. The van der Waals surface area contributed by atoms with Gasteiger partial charge in [-0.1, -0.05) is 24.3 Å². The van der Waals surface area contributed by atoms with Crippen molar-refractivity contribution in [2.75, 3.05) is 31.1 Å². The highest BCUT2D eigenvalue weighted by atomic mass is 32.1. The molecule has 0 radical (unpaired) electrons. The summed E-state index contributed by atoms with van der Waals surface area (Å²) in [5, 5.41) is 7.43. The topological polar surface area (TPSA) is 74.9 Å². The van der Waals surface area contributed by atoms with Crippen molar-refractivity contribution in [3.63, 3.8) is 0 Å². The SMILES string of the molecule is CC(C)(C)OC(=O)N1CC2(C1)CN(C(=S)N(Cc1ccc(-c3nnc(C(F)F)o3)cc1F)c1ccccc1)C2. The van der Waals surface area contributed by atoms with Crippen LogP contribution in [0.5, 0.6) is 0 Å². The predicted molar refractivity (Wildman–Crippen MR) is 142 cm³/mol. The number of aromatic nitrogens is 2. The molecule has 2 fully saturated rings. The number of ether oxygens (including phenoxy) is 1. The first-order valence-corrected chi connectivity index (χ1v) is 12.8. The molecular weight excluding hydrogens is 531 g/mol. The fraction of sp³-hybridized carbons (Fsp3) is 0.407. The average Bonchev–Trinajstić information content (AvgIpc) is 3.31. The minimum atomic E-state index is -2.91. The molecule has 3 aromatic rings. The minimum Gasteiger partial charge on any atom is -0.444 e. The second-order valence-electron chi connectivity index (χ2n) is 10.9. The van der Waals surface area contributed by atoms with E-state index in [2.05, 4.69) is 10.2 Å². The summed E-state index contributed by atoms with van der Waals surface area (Å²) < 4.78 is 51.2. The van der Waals surface area contributed by atoms with Gasteiger partial charge in [0, 0.05) is 48.4 Å². The van der Waals surface area contributed by atoms with Crippen LogP contribution in [-0.4, -0.2) is 63.0 Å². The molecule has 1 aromatic heterocycles. The maximum absolute atomic E-state index is 15.2. The number of benzene rings is 2. The number of anilines is 1. The summed E-state index contributed by atoms with van der Waals surface area (Å²) in [4.78, 5) is 17.9. The van der Waals surface area contributed by atoms with Crippen LogP contribution in [-0.2, 0) is 11.3 Å².